The molecule has 24 heavy (non-hydrogen) atoms. The summed E-state index contributed by atoms with van der Waals surface area (Å²) in [5, 5.41) is 9.12. The summed E-state index contributed by atoms with van der Waals surface area (Å²) in [6.07, 6.45) is -0.917. The van der Waals surface area contributed by atoms with E-state index >= 15 is 0 Å². The zero-order valence-electron chi connectivity index (χ0n) is 13.6. The Bertz CT molecular complexity index is 604. The van der Waals surface area contributed by atoms with Gasteiger partial charge in [0.05, 0.1) is 12.8 Å². The highest BCUT2D eigenvalue weighted by molar-refractivity contribution is 5.87. The highest BCUT2D eigenvalue weighted by Gasteiger charge is 2.14. The minimum Gasteiger partial charge on any atom is -0.508 e. The molecule has 0 aliphatic carbocycles. The zero-order chi connectivity index (χ0) is 18.1. The van der Waals surface area contributed by atoms with Gasteiger partial charge in [-0.25, -0.2) is 4.79 Å². The average molecular weight is 336 g/mol. The molecule has 0 heterocycles. The molecule has 1 N–H and O–H groups in total. The van der Waals surface area contributed by atoms with Crippen molar-refractivity contribution in [2.24, 2.45) is 0 Å². The van der Waals surface area contributed by atoms with E-state index in [1.54, 1.807) is 6.92 Å². The van der Waals surface area contributed by atoms with Gasteiger partial charge in [-0.1, -0.05) is 6.58 Å². The molecule has 1 rings (SSSR count). The van der Waals surface area contributed by atoms with Crippen LogP contribution in [-0.2, 0) is 23.9 Å². The molecule has 0 spiro atoms. The molecule has 0 aliphatic heterocycles. The van der Waals surface area contributed by atoms with E-state index in [-0.39, 0.29) is 36.5 Å². The number of carbonyl (C=O) groups is 3. The summed E-state index contributed by atoms with van der Waals surface area (Å²) in [6, 6.07) is 5.63. The number of hydrogen-bond acceptors (Lipinski definition) is 7. The second-order valence-electron chi connectivity index (χ2n) is 5.15. The summed E-state index contributed by atoms with van der Waals surface area (Å²) in [6.45, 7) is 6.43. The van der Waals surface area contributed by atoms with Crippen LogP contribution in [0.3, 0.4) is 0 Å². The van der Waals surface area contributed by atoms with Crippen LogP contribution >= 0.6 is 0 Å². The normalized spacial score (nSPS) is 11.2. The number of hydrogen-bond donors (Lipinski definition) is 1. The molecule has 0 saturated heterocycles. The topological polar surface area (TPSA) is 99.1 Å². The Morgan fingerprint density at radius 1 is 1.12 bits per heavy atom. The fourth-order valence-electron chi connectivity index (χ4n) is 1.50. The second kappa shape index (κ2) is 9.34. The van der Waals surface area contributed by atoms with Gasteiger partial charge in [0.25, 0.3) is 0 Å². The van der Waals surface area contributed by atoms with Gasteiger partial charge >= 0.3 is 17.9 Å². The lowest BCUT2D eigenvalue weighted by Crippen LogP contribution is -2.23. The lowest BCUT2D eigenvalue weighted by Gasteiger charge is -2.13. The quantitative estimate of drug-likeness (QED) is 0.441. The summed E-state index contributed by atoms with van der Waals surface area (Å²) in [5.74, 6) is -1.43. The van der Waals surface area contributed by atoms with Crippen LogP contribution in [0.2, 0.25) is 0 Å². The molecule has 1 atom stereocenters. The fraction of sp³-hybridized carbons (Fsp3) is 0.353. The van der Waals surface area contributed by atoms with Crippen LogP contribution in [0, 0.1) is 0 Å². The molecule has 0 fully saturated rings. The average Bonchev–Trinajstić information content (AvgIpc) is 2.53. The number of aromatic hydroxyl groups is 1. The van der Waals surface area contributed by atoms with Crippen LogP contribution in [0.1, 0.15) is 26.7 Å². The van der Waals surface area contributed by atoms with E-state index in [9.17, 15) is 14.4 Å². The Kier molecular flexibility index (Phi) is 7.48. The van der Waals surface area contributed by atoms with Gasteiger partial charge in [0.1, 0.15) is 24.2 Å². The summed E-state index contributed by atoms with van der Waals surface area (Å²) >= 11 is 0. The smallest absolute Gasteiger partial charge is 0.333 e. The number of phenolic OH excluding ortho intramolecular Hbond substituents is 1. The molecule has 7 heteroatoms. The largest absolute Gasteiger partial charge is 0.508 e. The highest BCUT2D eigenvalue weighted by atomic mass is 16.6. The molecule has 0 radical (unpaired) electrons. The Balaban J connectivity index is 2.25. The van der Waals surface area contributed by atoms with Crippen molar-refractivity contribution in [2.45, 2.75) is 32.8 Å². The molecule has 0 bridgehead atoms. The standard InChI is InChI=1S/C17H20O7/c1-11(2)17(21)23-12(3)10-22-15(19)8-9-16(20)24-14-6-4-13(18)5-7-14/h4-7,12,18H,1,8-10H2,2-3H3. The second-order valence-corrected chi connectivity index (χ2v) is 5.15. The third kappa shape index (κ3) is 7.44. The van der Waals surface area contributed by atoms with Gasteiger partial charge in [0.15, 0.2) is 0 Å². The third-order valence-corrected chi connectivity index (χ3v) is 2.74. The van der Waals surface area contributed by atoms with E-state index in [1.807, 2.05) is 0 Å². The minimum atomic E-state index is -0.609. The van der Waals surface area contributed by atoms with E-state index in [4.69, 9.17) is 19.3 Å². The van der Waals surface area contributed by atoms with Gasteiger partial charge in [-0.05, 0) is 38.1 Å². The van der Waals surface area contributed by atoms with E-state index in [0.29, 0.717) is 0 Å². The van der Waals surface area contributed by atoms with E-state index in [1.165, 1.54) is 31.2 Å². The van der Waals surface area contributed by atoms with Crippen molar-refractivity contribution in [3.05, 3.63) is 36.4 Å². The van der Waals surface area contributed by atoms with E-state index in [2.05, 4.69) is 6.58 Å². The summed E-state index contributed by atoms with van der Waals surface area (Å²) in [5.41, 5.74) is 0.255. The number of phenols is 1. The lowest BCUT2D eigenvalue weighted by molar-refractivity contribution is -0.156. The van der Waals surface area contributed by atoms with Crippen LogP contribution in [-0.4, -0.2) is 35.7 Å². The van der Waals surface area contributed by atoms with Crippen molar-refractivity contribution in [1.82, 2.24) is 0 Å². The maximum atomic E-state index is 11.6. The first-order chi connectivity index (χ1) is 11.3. The summed E-state index contributed by atoms with van der Waals surface area (Å²) in [4.78, 5) is 34.4. The first-order valence-electron chi connectivity index (χ1n) is 7.29. The molecular weight excluding hydrogens is 316 g/mol. The van der Waals surface area contributed by atoms with E-state index in [0.717, 1.165) is 0 Å². The Hall–Kier alpha value is -2.83. The van der Waals surface area contributed by atoms with Crippen LogP contribution < -0.4 is 4.74 Å². The Morgan fingerprint density at radius 3 is 2.29 bits per heavy atom. The lowest BCUT2D eigenvalue weighted by atomic mass is 10.3. The van der Waals surface area contributed by atoms with Gasteiger partial charge in [-0.3, -0.25) is 9.59 Å². The Morgan fingerprint density at radius 2 is 1.71 bits per heavy atom. The first-order valence-corrected chi connectivity index (χ1v) is 7.29. The predicted octanol–water partition coefficient (Wildman–Crippen LogP) is 2.13. The number of benzene rings is 1. The van der Waals surface area contributed by atoms with Crippen molar-refractivity contribution in [3.63, 3.8) is 0 Å². The molecule has 0 amide bonds. The van der Waals surface area contributed by atoms with E-state index < -0.39 is 24.0 Å². The monoisotopic (exact) mass is 336 g/mol. The molecule has 0 saturated carbocycles. The number of ether oxygens (including phenoxy) is 3. The van der Waals surface area contributed by atoms with Gasteiger partial charge in [-0.2, -0.15) is 0 Å². The summed E-state index contributed by atoms with van der Waals surface area (Å²) in [7, 11) is 0. The van der Waals surface area contributed by atoms with Crippen molar-refractivity contribution < 1.29 is 33.7 Å². The number of carbonyl (C=O) groups excluding carboxylic acids is 3. The van der Waals surface area contributed by atoms with Crippen molar-refractivity contribution in [1.29, 1.82) is 0 Å². The SMILES string of the molecule is C=C(C)C(=O)OC(C)COC(=O)CCC(=O)Oc1ccc(O)cc1. The summed E-state index contributed by atoms with van der Waals surface area (Å²) < 4.78 is 14.9. The number of esters is 3. The molecule has 1 aromatic carbocycles. The van der Waals surface area contributed by atoms with Crippen LogP contribution in [0.15, 0.2) is 36.4 Å². The first kappa shape index (κ1) is 19.2. The van der Waals surface area contributed by atoms with Crippen LogP contribution in [0.5, 0.6) is 11.5 Å². The maximum absolute atomic E-state index is 11.6. The van der Waals surface area contributed by atoms with Gasteiger partial charge in [-0.15, -0.1) is 0 Å². The highest BCUT2D eigenvalue weighted by Crippen LogP contribution is 2.16. The molecular formula is C17H20O7. The van der Waals surface area contributed by atoms with Crippen LogP contribution in [0.4, 0.5) is 0 Å². The minimum absolute atomic E-state index is 0.0554. The van der Waals surface area contributed by atoms with Gasteiger partial charge < -0.3 is 19.3 Å². The Labute approximate surface area is 139 Å². The maximum Gasteiger partial charge on any atom is 0.333 e. The van der Waals surface area contributed by atoms with Gasteiger partial charge in [0, 0.05) is 5.57 Å². The van der Waals surface area contributed by atoms with Crippen molar-refractivity contribution in [3.8, 4) is 11.5 Å². The molecule has 130 valence electrons. The predicted molar refractivity (Wildman–Crippen MR) is 84.3 cm³/mol. The zero-order valence-corrected chi connectivity index (χ0v) is 13.6. The molecule has 7 nitrogen and oxygen atoms in total. The van der Waals surface area contributed by atoms with Crippen molar-refractivity contribution in [2.75, 3.05) is 6.61 Å². The van der Waals surface area contributed by atoms with Crippen molar-refractivity contribution >= 4 is 17.9 Å². The molecule has 1 aromatic rings. The molecule has 0 aliphatic rings. The molecule has 0 aromatic heterocycles. The van der Waals surface area contributed by atoms with Gasteiger partial charge in [0.2, 0.25) is 0 Å². The van der Waals surface area contributed by atoms with Crippen LogP contribution in [0.25, 0.3) is 0 Å². The fourth-order valence-corrected chi connectivity index (χ4v) is 1.50. The molecule has 1 unspecified atom stereocenters. The number of rotatable bonds is 8. The third-order valence-electron chi connectivity index (χ3n) is 2.74.